The average molecular weight is 134 g/mol. The van der Waals surface area contributed by atoms with Crippen molar-refractivity contribution >= 4 is 22.3 Å². The van der Waals surface area contributed by atoms with Gasteiger partial charge in [-0.25, -0.2) is 0 Å². The molecule has 0 nitrogen and oxygen atoms in total. The van der Waals surface area contributed by atoms with Gasteiger partial charge in [0.2, 0.25) is 0 Å². The topological polar surface area (TPSA) is 0 Å². The van der Waals surface area contributed by atoms with Crippen molar-refractivity contribution in [2.45, 2.75) is 0 Å². The highest BCUT2D eigenvalue weighted by Crippen LogP contribution is 2.37. The molecule has 7 heavy (non-hydrogen) atoms. The van der Waals surface area contributed by atoms with E-state index in [2.05, 4.69) is 26.7 Å². The Morgan fingerprint density at radius 1 is 0.857 bits per heavy atom. The molecule has 0 aliphatic carbocycles. The molecule has 0 aliphatic heterocycles. The Kier molecular flexibility index (Phi) is 4.38. The predicted molar refractivity (Wildman–Crippen MR) is 44.7 cm³/mol. The second-order valence-electron chi connectivity index (χ2n) is 2.30. The van der Waals surface area contributed by atoms with Gasteiger partial charge in [-0.05, 0) is 0 Å². The smallest absolute Gasteiger partial charge is 0.145 e. The van der Waals surface area contributed by atoms with E-state index in [0.29, 0.717) is 15.6 Å². The average Bonchev–Trinajstić information content (AvgIpc) is 1.27. The van der Waals surface area contributed by atoms with E-state index in [9.17, 15) is 0 Å². The Bertz CT molecular complexity index is 39.0. The molecule has 0 spiro atoms. The first-order valence-electron chi connectivity index (χ1n) is 2.42. The fourth-order valence-electron chi connectivity index (χ4n) is 0.566. The number of hydrogen-bond donors (Lipinski definition) is 0. The summed E-state index contributed by atoms with van der Waals surface area (Å²) < 4.78 is 0. The normalized spacial score (nSPS) is 10.6. The molecule has 0 fully saturated rings. The lowest BCUT2D eigenvalue weighted by atomic mass is 10.7. The van der Waals surface area contributed by atoms with Gasteiger partial charge in [-0.1, -0.05) is 26.7 Å². The standard InChI is InChI=1S/C4H13BP2/c1-6(2)5-7(3)4/h5H,1-4H3. The first-order chi connectivity index (χ1) is 3.13. The van der Waals surface area contributed by atoms with Crippen molar-refractivity contribution in [3.63, 3.8) is 0 Å². The molecular weight excluding hydrogens is 121 g/mol. The molecule has 0 amide bonds. The molecule has 0 aromatic rings. The van der Waals surface area contributed by atoms with Crippen LogP contribution >= 0.6 is 15.6 Å². The van der Waals surface area contributed by atoms with Gasteiger partial charge in [-0.3, -0.25) is 0 Å². The molecule has 0 aromatic carbocycles. The lowest BCUT2D eigenvalue weighted by Gasteiger charge is -2.04. The summed E-state index contributed by atoms with van der Waals surface area (Å²) in [6.07, 6.45) is 0. The van der Waals surface area contributed by atoms with Gasteiger partial charge in [-0.15, -0.1) is 15.6 Å². The van der Waals surface area contributed by atoms with Crippen LogP contribution in [-0.2, 0) is 0 Å². The van der Waals surface area contributed by atoms with Crippen LogP contribution in [0, 0.1) is 0 Å². The van der Waals surface area contributed by atoms with E-state index in [1.54, 1.807) is 0 Å². The van der Waals surface area contributed by atoms with E-state index < -0.39 is 0 Å². The molecule has 0 atom stereocenters. The molecule has 0 rings (SSSR count). The van der Waals surface area contributed by atoms with Gasteiger partial charge in [0.1, 0.15) is 0 Å². The van der Waals surface area contributed by atoms with Crippen molar-refractivity contribution < 1.29 is 0 Å². The van der Waals surface area contributed by atoms with E-state index in [4.69, 9.17) is 0 Å². The molecule has 42 valence electrons. The molecule has 0 N–H and O–H groups in total. The van der Waals surface area contributed by atoms with Crippen LogP contribution < -0.4 is 0 Å². The highest BCUT2D eigenvalue weighted by atomic mass is 31.2. The molecule has 3 heteroatoms. The largest absolute Gasteiger partial charge is 0.180 e. The van der Waals surface area contributed by atoms with Gasteiger partial charge in [0.15, 0.2) is 6.72 Å². The molecule has 0 heterocycles. The van der Waals surface area contributed by atoms with E-state index in [0.717, 1.165) is 0 Å². The van der Waals surface area contributed by atoms with Gasteiger partial charge in [0.25, 0.3) is 0 Å². The third-order valence-corrected chi connectivity index (χ3v) is 5.09. The van der Waals surface area contributed by atoms with Crippen LogP contribution in [-0.4, -0.2) is 33.4 Å². The number of rotatable bonds is 2. The van der Waals surface area contributed by atoms with Crippen LogP contribution in [0.15, 0.2) is 0 Å². The SMILES string of the molecule is CP(C)BP(C)C. The minimum atomic E-state index is 0.389. The maximum atomic E-state index is 2.34. The summed E-state index contributed by atoms with van der Waals surface area (Å²) in [5.41, 5.74) is 0. The van der Waals surface area contributed by atoms with Crippen LogP contribution in [0.2, 0.25) is 0 Å². The van der Waals surface area contributed by atoms with Gasteiger partial charge in [0, 0.05) is 0 Å². The molecule has 0 bridgehead atoms. The van der Waals surface area contributed by atoms with Gasteiger partial charge >= 0.3 is 0 Å². The lowest BCUT2D eigenvalue weighted by molar-refractivity contribution is 2.27. The third kappa shape index (κ3) is 6.92. The zero-order valence-electron chi connectivity index (χ0n) is 5.60. The van der Waals surface area contributed by atoms with Crippen molar-refractivity contribution in [2.75, 3.05) is 26.7 Å². The molecule has 0 aliphatic rings. The Morgan fingerprint density at radius 3 is 1.14 bits per heavy atom. The van der Waals surface area contributed by atoms with Crippen LogP contribution in [0.4, 0.5) is 0 Å². The molecule has 0 unspecified atom stereocenters. The summed E-state index contributed by atoms with van der Waals surface area (Å²) >= 11 is 0. The first kappa shape index (κ1) is 7.92. The zero-order chi connectivity index (χ0) is 5.86. The van der Waals surface area contributed by atoms with E-state index >= 15 is 0 Å². The predicted octanol–water partition coefficient (Wildman–Crippen LogP) is 1.74. The second kappa shape index (κ2) is 3.87. The Morgan fingerprint density at radius 2 is 1.14 bits per heavy atom. The minimum absolute atomic E-state index is 0.389. The van der Waals surface area contributed by atoms with Crippen LogP contribution in [0.25, 0.3) is 0 Å². The highest BCUT2D eigenvalue weighted by molar-refractivity contribution is 8.13. The van der Waals surface area contributed by atoms with Crippen molar-refractivity contribution in [2.24, 2.45) is 0 Å². The Balaban J connectivity index is 2.95. The van der Waals surface area contributed by atoms with Crippen molar-refractivity contribution in [3.8, 4) is 0 Å². The fourth-order valence-corrected chi connectivity index (χ4v) is 5.09. The first-order valence-corrected chi connectivity index (χ1v) is 7.26. The minimum Gasteiger partial charge on any atom is -0.145 e. The summed E-state index contributed by atoms with van der Waals surface area (Å²) in [6, 6.07) is 0. The number of hydrogen-bond acceptors (Lipinski definition) is 0. The molecule has 0 radical (unpaired) electrons. The van der Waals surface area contributed by atoms with Crippen molar-refractivity contribution in [3.05, 3.63) is 0 Å². The van der Waals surface area contributed by atoms with Gasteiger partial charge in [-0.2, -0.15) is 0 Å². The third-order valence-electron chi connectivity index (χ3n) is 0.566. The van der Waals surface area contributed by atoms with E-state index in [-0.39, 0.29) is 0 Å². The summed E-state index contributed by atoms with van der Waals surface area (Å²) in [6.45, 7) is 10.9. The summed E-state index contributed by atoms with van der Waals surface area (Å²) in [7, 11) is 0.778. The van der Waals surface area contributed by atoms with E-state index in [1.165, 1.54) is 6.72 Å². The van der Waals surface area contributed by atoms with Crippen LogP contribution in [0.3, 0.4) is 0 Å². The van der Waals surface area contributed by atoms with Crippen molar-refractivity contribution in [1.82, 2.24) is 0 Å². The van der Waals surface area contributed by atoms with Crippen LogP contribution in [0.5, 0.6) is 0 Å². The maximum absolute atomic E-state index is 2.34. The summed E-state index contributed by atoms with van der Waals surface area (Å²) in [5.74, 6) is 0. The monoisotopic (exact) mass is 134 g/mol. The summed E-state index contributed by atoms with van der Waals surface area (Å²) in [4.78, 5) is 0. The van der Waals surface area contributed by atoms with Crippen LogP contribution in [0.1, 0.15) is 0 Å². The van der Waals surface area contributed by atoms with Gasteiger partial charge in [0.05, 0.1) is 0 Å². The molecule has 0 saturated heterocycles. The quantitative estimate of drug-likeness (QED) is 0.398. The Labute approximate surface area is 49.7 Å². The molecular formula is C4H13BP2. The Hall–Kier alpha value is 0.925. The second-order valence-corrected chi connectivity index (χ2v) is 7.75. The van der Waals surface area contributed by atoms with E-state index in [1.807, 2.05) is 0 Å². The molecule has 0 saturated carbocycles. The van der Waals surface area contributed by atoms with Crippen molar-refractivity contribution in [1.29, 1.82) is 0 Å². The highest BCUT2D eigenvalue weighted by Gasteiger charge is 1.97. The van der Waals surface area contributed by atoms with Gasteiger partial charge < -0.3 is 0 Å². The maximum Gasteiger partial charge on any atom is 0.180 e. The lowest BCUT2D eigenvalue weighted by Crippen LogP contribution is -1.80. The summed E-state index contributed by atoms with van der Waals surface area (Å²) in [5, 5.41) is 0. The fraction of sp³-hybridized carbons (Fsp3) is 1.00. The zero-order valence-corrected chi connectivity index (χ0v) is 7.39. The molecule has 0 aromatic heterocycles.